The van der Waals surface area contributed by atoms with Crippen LogP contribution >= 0.6 is 11.3 Å². The highest BCUT2D eigenvalue weighted by atomic mass is 32.1. The Kier molecular flexibility index (Phi) is 6.24. The predicted octanol–water partition coefficient (Wildman–Crippen LogP) is 4.91. The van der Waals surface area contributed by atoms with Gasteiger partial charge in [-0.05, 0) is 64.3 Å². The van der Waals surface area contributed by atoms with Crippen molar-refractivity contribution in [1.29, 1.82) is 0 Å². The van der Waals surface area contributed by atoms with Crippen molar-refractivity contribution >= 4 is 11.3 Å². The van der Waals surface area contributed by atoms with Gasteiger partial charge in [-0.1, -0.05) is 26.2 Å². The summed E-state index contributed by atoms with van der Waals surface area (Å²) in [6, 6.07) is 0. The molecule has 21 heavy (non-hydrogen) atoms. The summed E-state index contributed by atoms with van der Waals surface area (Å²) in [7, 11) is 0. The van der Waals surface area contributed by atoms with E-state index in [1.165, 1.54) is 49.9 Å². The molecule has 0 radical (unpaired) electrons. The van der Waals surface area contributed by atoms with Crippen molar-refractivity contribution in [2.45, 2.75) is 71.8 Å². The Morgan fingerprint density at radius 2 is 2.10 bits per heavy atom. The second-order valence-electron chi connectivity index (χ2n) is 7.79. The quantitative estimate of drug-likeness (QED) is 0.808. The van der Waals surface area contributed by atoms with Gasteiger partial charge in [-0.2, -0.15) is 0 Å². The lowest BCUT2D eigenvalue weighted by molar-refractivity contribution is 0.160. The molecule has 3 unspecified atom stereocenters. The molecule has 0 spiro atoms. The Bertz CT molecular complexity index is 394. The highest BCUT2D eigenvalue weighted by molar-refractivity contribution is 7.09. The number of rotatable bonds is 6. The number of aromatic nitrogens is 1. The first kappa shape index (κ1) is 17.0. The van der Waals surface area contributed by atoms with Crippen LogP contribution in [0.25, 0.3) is 0 Å². The molecule has 0 aliphatic heterocycles. The number of thiazole rings is 1. The van der Waals surface area contributed by atoms with Crippen molar-refractivity contribution in [1.82, 2.24) is 10.3 Å². The molecule has 120 valence electrons. The third kappa shape index (κ3) is 5.71. The van der Waals surface area contributed by atoms with Crippen LogP contribution in [0.5, 0.6) is 0 Å². The van der Waals surface area contributed by atoms with E-state index in [4.69, 9.17) is 0 Å². The van der Waals surface area contributed by atoms with Crippen LogP contribution in [0.1, 0.15) is 64.7 Å². The van der Waals surface area contributed by atoms with Crippen molar-refractivity contribution in [2.75, 3.05) is 6.54 Å². The Hall–Kier alpha value is -0.410. The molecule has 1 fully saturated rings. The molecule has 1 N–H and O–H groups in total. The van der Waals surface area contributed by atoms with Crippen LogP contribution < -0.4 is 5.32 Å². The summed E-state index contributed by atoms with van der Waals surface area (Å²) in [5.74, 6) is 2.63. The summed E-state index contributed by atoms with van der Waals surface area (Å²) >= 11 is 1.83. The van der Waals surface area contributed by atoms with Gasteiger partial charge in [-0.3, -0.25) is 4.98 Å². The average Bonchev–Trinajstić information content (AvgIpc) is 2.90. The molecular weight excluding hydrogens is 276 g/mol. The molecule has 1 aromatic rings. The summed E-state index contributed by atoms with van der Waals surface area (Å²) < 4.78 is 0. The van der Waals surface area contributed by atoms with E-state index in [9.17, 15) is 0 Å². The third-order valence-corrected chi connectivity index (χ3v) is 5.59. The maximum atomic E-state index is 4.26. The van der Waals surface area contributed by atoms with E-state index < -0.39 is 0 Å². The van der Waals surface area contributed by atoms with E-state index in [1.54, 1.807) is 0 Å². The van der Waals surface area contributed by atoms with Crippen molar-refractivity contribution in [2.24, 2.45) is 17.8 Å². The third-order valence-electron chi connectivity index (χ3n) is 4.79. The van der Waals surface area contributed by atoms with Crippen LogP contribution in [0.4, 0.5) is 0 Å². The second-order valence-corrected chi connectivity index (χ2v) is 8.76. The highest BCUT2D eigenvalue weighted by Crippen LogP contribution is 2.38. The monoisotopic (exact) mass is 308 g/mol. The number of nitrogens with zero attached hydrogens (tertiary/aromatic N) is 1. The van der Waals surface area contributed by atoms with Crippen LogP contribution in [0, 0.1) is 17.8 Å². The molecule has 0 aromatic carbocycles. The van der Waals surface area contributed by atoms with E-state index in [0.29, 0.717) is 0 Å². The minimum atomic E-state index is 0.231. The van der Waals surface area contributed by atoms with Gasteiger partial charge in [-0.25, -0.2) is 0 Å². The molecule has 2 nitrogen and oxygen atoms in total. The first-order valence-corrected chi connectivity index (χ1v) is 9.48. The van der Waals surface area contributed by atoms with Gasteiger partial charge in [0.1, 0.15) is 0 Å². The molecule has 1 aromatic heterocycles. The van der Waals surface area contributed by atoms with Gasteiger partial charge in [-0.15, -0.1) is 11.3 Å². The first-order valence-electron chi connectivity index (χ1n) is 8.60. The van der Waals surface area contributed by atoms with E-state index >= 15 is 0 Å². The van der Waals surface area contributed by atoms with Crippen LogP contribution in [0.15, 0.2) is 11.7 Å². The van der Waals surface area contributed by atoms with E-state index in [1.807, 2.05) is 16.8 Å². The fraction of sp³-hybridized carbons (Fsp3) is 0.833. The minimum Gasteiger partial charge on any atom is -0.312 e. The molecule has 1 aliphatic rings. The molecule has 2 rings (SSSR count). The fourth-order valence-electron chi connectivity index (χ4n) is 3.65. The Morgan fingerprint density at radius 3 is 2.71 bits per heavy atom. The van der Waals surface area contributed by atoms with E-state index in [-0.39, 0.29) is 5.54 Å². The van der Waals surface area contributed by atoms with Crippen LogP contribution in [0.2, 0.25) is 0 Å². The molecular formula is C18H32N2S. The van der Waals surface area contributed by atoms with Gasteiger partial charge in [0.2, 0.25) is 0 Å². The summed E-state index contributed by atoms with van der Waals surface area (Å²) in [4.78, 5) is 5.73. The molecule has 3 atom stereocenters. The maximum Gasteiger partial charge on any atom is 0.0794 e. The minimum absolute atomic E-state index is 0.231. The average molecular weight is 309 g/mol. The molecule has 3 heteroatoms. The smallest absolute Gasteiger partial charge is 0.0794 e. The lowest BCUT2D eigenvalue weighted by Gasteiger charge is -2.38. The van der Waals surface area contributed by atoms with E-state index in [0.717, 1.165) is 17.8 Å². The van der Waals surface area contributed by atoms with Crippen molar-refractivity contribution in [3.63, 3.8) is 0 Å². The van der Waals surface area contributed by atoms with Crippen molar-refractivity contribution in [3.8, 4) is 0 Å². The topological polar surface area (TPSA) is 24.9 Å². The molecule has 1 saturated carbocycles. The van der Waals surface area contributed by atoms with Crippen LogP contribution in [-0.2, 0) is 6.42 Å². The van der Waals surface area contributed by atoms with Gasteiger partial charge < -0.3 is 5.32 Å². The zero-order valence-corrected chi connectivity index (χ0v) is 15.0. The Morgan fingerprint density at radius 1 is 1.29 bits per heavy atom. The standard InChI is InChI=1S/C18H32N2S/c1-5-6-14-7-8-15(11-20-18(2,3)4)16(9-14)10-17-12-19-13-21-17/h12-16,20H,5-11H2,1-4H3. The Balaban J connectivity index is 1.96. The van der Waals surface area contributed by atoms with Crippen molar-refractivity contribution < 1.29 is 0 Å². The first-order chi connectivity index (χ1) is 9.98. The fourth-order valence-corrected chi connectivity index (χ4v) is 4.34. The molecule has 0 bridgehead atoms. The van der Waals surface area contributed by atoms with Gasteiger partial charge >= 0.3 is 0 Å². The van der Waals surface area contributed by atoms with Crippen LogP contribution in [-0.4, -0.2) is 17.1 Å². The van der Waals surface area contributed by atoms with Gasteiger partial charge in [0.25, 0.3) is 0 Å². The number of hydrogen-bond acceptors (Lipinski definition) is 3. The maximum absolute atomic E-state index is 4.26. The lowest BCUT2D eigenvalue weighted by atomic mass is 9.71. The summed E-state index contributed by atoms with van der Waals surface area (Å²) in [5.41, 5.74) is 2.21. The zero-order valence-electron chi connectivity index (χ0n) is 14.2. The normalized spacial score (nSPS) is 27.0. The van der Waals surface area contributed by atoms with Gasteiger partial charge in [0.15, 0.2) is 0 Å². The lowest BCUT2D eigenvalue weighted by Crippen LogP contribution is -2.42. The molecule has 0 amide bonds. The Labute approximate surface area is 134 Å². The number of nitrogens with one attached hydrogen (secondary N) is 1. The largest absolute Gasteiger partial charge is 0.312 e. The van der Waals surface area contributed by atoms with Gasteiger partial charge in [0, 0.05) is 16.6 Å². The van der Waals surface area contributed by atoms with Gasteiger partial charge in [0.05, 0.1) is 5.51 Å². The van der Waals surface area contributed by atoms with Crippen LogP contribution in [0.3, 0.4) is 0 Å². The zero-order chi connectivity index (χ0) is 15.3. The second kappa shape index (κ2) is 7.73. The molecule has 1 aliphatic carbocycles. The summed E-state index contributed by atoms with van der Waals surface area (Å²) in [6.45, 7) is 10.3. The summed E-state index contributed by atoms with van der Waals surface area (Å²) in [5, 5.41) is 3.74. The SMILES string of the molecule is CCCC1CCC(CNC(C)(C)C)C(Cc2cncs2)C1. The number of hydrogen-bond donors (Lipinski definition) is 1. The molecule has 1 heterocycles. The molecule has 0 saturated heterocycles. The summed E-state index contributed by atoms with van der Waals surface area (Å²) in [6.07, 6.45) is 10.3. The van der Waals surface area contributed by atoms with Crippen molar-refractivity contribution in [3.05, 3.63) is 16.6 Å². The predicted molar refractivity (Wildman–Crippen MR) is 92.8 cm³/mol. The highest BCUT2D eigenvalue weighted by Gasteiger charge is 2.31. The van der Waals surface area contributed by atoms with E-state index in [2.05, 4.69) is 44.2 Å².